The summed E-state index contributed by atoms with van der Waals surface area (Å²) in [5, 5.41) is 7.67. The molecule has 0 saturated carbocycles. The Balaban J connectivity index is 0.823. The van der Waals surface area contributed by atoms with Gasteiger partial charge in [0.25, 0.3) is 0 Å². The van der Waals surface area contributed by atoms with Crippen LogP contribution in [0.4, 0.5) is 0 Å². The van der Waals surface area contributed by atoms with Gasteiger partial charge >= 0.3 is 0 Å². The van der Waals surface area contributed by atoms with E-state index in [2.05, 4.69) is 288 Å². The molecule has 0 saturated heterocycles. The molecule has 336 valence electrons. The molecule has 71 heavy (non-hydrogen) atoms. The van der Waals surface area contributed by atoms with Crippen molar-refractivity contribution < 1.29 is 0 Å². The van der Waals surface area contributed by atoms with Gasteiger partial charge in [-0.1, -0.05) is 188 Å². The first-order valence-electron chi connectivity index (χ1n) is 24.6. The Kier molecular flexibility index (Phi) is 10.5. The molecule has 3 heterocycles. The molecule has 0 atom stereocenters. The molecule has 0 aliphatic heterocycles. The zero-order valence-electron chi connectivity index (χ0n) is 39.5. The van der Waals surface area contributed by atoms with Crippen LogP contribution in [0.3, 0.4) is 0 Å². The predicted octanol–water partition coefficient (Wildman–Crippen LogP) is 18.5. The van der Waals surface area contributed by atoms with E-state index in [1.807, 2.05) is 0 Å². The summed E-state index contributed by atoms with van der Waals surface area (Å²) >= 11 is 0. The second-order valence-corrected chi connectivity index (χ2v) is 18.5. The number of benzene rings is 10. The van der Waals surface area contributed by atoms with Gasteiger partial charge in [0.2, 0.25) is 0 Å². The molecule has 13 aromatic rings. The molecular formula is C68H49N3. The molecule has 0 amide bonds. The fraction of sp³-hybridized carbons (Fsp3) is 0.0294. The third kappa shape index (κ3) is 7.65. The van der Waals surface area contributed by atoms with Gasteiger partial charge < -0.3 is 13.7 Å². The number of hydrogen-bond acceptors (Lipinski definition) is 0. The number of rotatable bonds is 10. The van der Waals surface area contributed by atoms with E-state index in [4.69, 9.17) is 0 Å². The van der Waals surface area contributed by atoms with Gasteiger partial charge in [-0.15, -0.1) is 0 Å². The quantitative estimate of drug-likeness (QED) is 0.121. The van der Waals surface area contributed by atoms with Crippen molar-refractivity contribution in [2.75, 3.05) is 0 Å². The maximum Gasteiger partial charge on any atom is 0.0534 e. The first-order valence-corrected chi connectivity index (χ1v) is 24.6. The lowest BCUT2D eigenvalue weighted by Crippen LogP contribution is -1.92. The van der Waals surface area contributed by atoms with Crippen LogP contribution in [0.1, 0.15) is 29.2 Å². The Morgan fingerprint density at radius 2 is 0.577 bits per heavy atom. The van der Waals surface area contributed by atoms with Gasteiger partial charge in [0.1, 0.15) is 0 Å². The van der Waals surface area contributed by atoms with Gasteiger partial charge in [0.05, 0.1) is 22.1 Å². The molecule has 3 heteroatoms. The highest BCUT2D eigenvalue weighted by molar-refractivity contribution is 6.11. The summed E-state index contributed by atoms with van der Waals surface area (Å²) in [6, 6.07) is 84.0. The van der Waals surface area contributed by atoms with Crippen molar-refractivity contribution in [3.05, 3.63) is 253 Å². The summed E-state index contributed by atoms with van der Waals surface area (Å²) in [4.78, 5) is 0. The van der Waals surface area contributed by atoms with E-state index in [1.165, 1.54) is 104 Å². The summed E-state index contributed by atoms with van der Waals surface area (Å²) in [5.41, 5.74) is 19.1. The van der Waals surface area contributed by atoms with Crippen molar-refractivity contribution in [1.29, 1.82) is 0 Å². The zero-order chi connectivity index (χ0) is 47.3. The third-order valence-electron chi connectivity index (χ3n) is 14.3. The summed E-state index contributed by atoms with van der Waals surface area (Å²) in [7, 11) is 0. The van der Waals surface area contributed by atoms with Gasteiger partial charge in [0.15, 0.2) is 0 Å². The van der Waals surface area contributed by atoms with E-state index in [0.717, 1.165) is 23.2 Å². The number of fused-ring (bicyclic) bond motifs is 9. The van der Waals surface area contributed by atoms with Crippen molar-refractivity contribution in [2.24, 2.45) is 0 Å². The van der Waals surface area contributed by atoms with Crippen LogP contribution in [0.25, 0.3) is 136 Å². The maximum absolute atomic E-state index is 2.41. The smallest absolute Gasteiger partial charge is 0.0534 e. The molecule has 0 bridgehead atoms. The Labute approximate surface area is 413 Å². The van der Waals surface area contributed by atoms with Gasteiger partial charge in [0, 0.05) is 62.3 Å². The average Bonchev–Trinajstić information content (AvgIpc) is 4.06. The van der Waals surface area contributed by atoms with Gasteiger partial charge in [-0.25, -0.2) is 0 Å². The first-order chi connectivity index (χ1) is 35.1. The molecule has 0 spiro atoms. The molecular weight excluding hydrogens is 859 g/mol. The van der Waals surface area contributed by atoms with Crippen LogP contribution in [-0.2, 0) is 6.54 Å². The van der Waals surface area contributed by atoms with Crippen molar-refractivity contribution in [1.82, 2.24) is 13.7 Å². The Bertz CT molecular complexity index is 3930. The summed E-state index contributed by atoms with van der Waals surface area (Å²) in [6.45, 7) is 3.16. The maximum atomic E-state index is 2.41. The van der Waals surface area contributed by atoms with E-state index in [1.54, 1.807) is 0 Å². The van der Waals surface area contributed by atoms with Crippen molar-refractivity contribution in [3.63, 3.8) is 0 Å². The summed E-state index contributed by atoms with van der Waals surface area (Å²) in [5.74, 6) is 0. The number of aryl methyl sites for hydroxylation is 1. The highest BCUT2D eigenvalue weighted by Crippen LogP contribution is 2.36. The molecule has 0 unspecified atom stereocenters. The van der Waals surface area contributed by atoms with E-state index in [0.29, 0.717) is 0 Å². The molecule has 0 aliphatic rings. The molecule has 13 rings (SSSR count). The molecule has 0 fully saturated rings. The Morgan fingerprint density at radius 1 is 0.268 bits per heavy atom. The van der Waals surface area contributed by atoms with Crippen LogP contribution in [-0.4, -0.2) is 13.7 Å². The SMILES string of the molecule is CCn1c2ccccc2c2ccc(/C=C/c3ccc(-c4cc(-c5ccc(/C=C/n6c7ccccc7c7ccccc76)cc5)cc(-c5ccc(/C=C/n6c7ccccc7c7ccccc76)cc5)c4)cc3)cc21. The van der Waals surface area contributed by atoms with Gasteiger partial charge in [-0.3, -0.25) is 0 Å². The molecule has 3 aromatic heterocycles. The van der Waals surface area contributed by atoms with Crippen molar-refractivity contribution in [3.8, 4) is 33.4 Å². The summed E-state index contributed by atoms with van der Waals surface area (Å²) in [6.07, 6.45) is 13.3. The minimum absolute atomic E-state index is 0.932. The number of para-hydroxylation sites is 5. The Morgan fingerprint density at radius 3 is 0.972 bits per heavy atom. The summed E-state index contributed by atoms with van der Waals surface area (Å²) < 4.78 is 7.01. The molecule has 0 N–H and O–H groups in total. The lowest BCUT2D eigenvalue weighted by Gasteiger charge is -2.12. The first kappa shape index (κ1) is 42.0. The largest absolute Gasteiger partial charge is 0.341 e. The van der Waals surface area contributed by atoms with Crippen molar-refractivity contribution in [2.45, 2.75) is 13.5 Å². The molecule has 0 aliphatic carbocycles. The standard InChI is InChI=1S/C68H49N3/c1-2-69-63-18-8-3-17-61(63)62-38-31-50(43-68(62)69)24-23-47-25-32-51(33-26-47)54-44-55(52-34-27-48(28-35-52)39-41-70-64-19-9-4-13-57(64)58-14-5-10-20-65(58)70)46-56(45-54)53-36-29-49(30-37-53)40-42-71-66-21-11-6-15-59(66)60-16-7-12-22-67(60)71/h3-46H,2H2,1H3/b24-23+,41-39+,42-40+. The highest BCUT2D eigenvalue weighted by Gasteiger charge is 2.13. The van der Waals surface area contributed by atoms with E-state index in [-0.39, 0.29) is 0 Å². The fourth-order valence-corrected chi connectivity index (χ4v) is 10.7. The lowest BCUT2D eigenvalue weighted by molar-refractivity contribution is 0.827. The normalized spacial score (nSPS) is 12.2. The second kappa shape index (κ2) is 17.7. The van der Waals surface area contributed by atoms with Crippen LogP contribution < -0.4 is 0 Å². The second-order valence-electron chi connectivity index (χ2n) is 18.5. The third-order valence-corrected chi connectivity index (χ3v) is 14.3. The topological polar surface area (TPSA) is 14.8 Å². The van der Waals surface area contributed by atoms with Crippen LogP contribution in [0, 0.1) is 0 Å². The zero-order valence-corrected chi connectivity index (χ0v) is 39.5. The Hall–Kier alpha value is -9.18. The lowest BCUT2D eigenvalue weighted by atomic mass is 9.92. The predicted molar refractivity (Wildman–Crippen MR) is 306 cm³/mol. The number of aromatic nitrogens is 3. The number of nitrogens with zero attached hydrogens (tertiary/aromatic N) is 3. The average molecular weight is 908 g/mol. The van der Waals surface area contributed by atoms with E-state index in [9.17, 15) is 0 Å². The monoisotopic (exact) mass is 907 g/mol. The fourth-order valence-electron chi connectivity index (χ4n) is 10.7. The van der Waals surface area contributed by atoms with Gasteiger partial charge in [-0.2, -0.15) is 0 Å². The van der Waals surface area contributed by atoms with Crippen molar-refractivity contribution >= 4 is 102 Å². The minimum Gasteiger partial charge on any atom is -0.341 e. The molecule has 3 nitrogen and oxygen atoms in total. The highest BCUT2D eigenvalue weighted by atomic mass is 15.0. The van der Waals surface area contributed by atoms with Gasteiger partial charge in [-0.05, 0) is 129 Å². The van der Waals surface area contributed by atoms with Crippen LogP contribution in [0.5, 0.6) is 0 Å². The van der Waals surface area contributed by atoms with E-state index < -0.39 is 0 Å². The molecule has 10 aromatic carbocycles. The van der Waals surface area contributed by atoms with Crippen LogP contribution >= 0.6 is 0 Å². The molecule has 0 radical (unpaired) electrons. The van der Waals surface area contributed by atoms with Crippen LogP contribution in [0.2, 0.25) is 0 Å². The van der Waals surface area contributed by atoms with E-state index >= 15 is 0 Å². The minimum atomic E-state index is 0.932. The number of hydrogen-bond donors (Lipinski definition) is 0. The van der Waals surface area contributed by atoms with Crippen LogP contribution in [0.15, 0.2) is 231 Å².